The summed E-state index contributed by atoms with van der Waals surface area (Å²) in [5, 5.41) is 12.6. The number of carbonyl (C=O) groups excluding carboxylic acids is 2. The van der Waals surface area contributed by atoms with Crippen LogP contribution in [-0.2, 0) is 9.53 Å². The molecule has 0 saturated carbocycles. The molecule has 0 saturated heterocycles. The Morgan fingerprint density at radius 1 is 1.12 bits per heavy atom. The lowest BCUT2D eigenvalue weighted by Gasteiger charge is -2.15. The van der Waals surface area contributed by atoms with Crippen molar-refractivity contribution in [3.63, 3.8) is 0 Å². The van der Waals surface area contributed by atoms with Crippen LogP contribution in [0.3, 0.4) is 0 Å². The molecular weight excluding hydrogens is 322 g/mol. The van der Waals surface area contributed by atoms with Crippen LogP contribution >= 0.6 is 0 Å². The number of hydrogen-bond acceptors (Lipinski definition) is 5. The van der Waals surface area contributed by atoms with Crippen LogP contribution in [0.2, 0.25) is 0 Å². The van der Waals surface area contributed by atoms with Crippen LogP contribution in [0.1, 0.15) is 28.4 Å². The third-order valence-electron chi connectivity index (χ3n) is 3.72. The number of hydrogen-bond donors (Lipinski definition) is 2. The minimum absolute atomic E-state index is 0.0352. The minimum Gasteiger partial charge on any atom is -0.507 e. The molecule has 0 aliphatic rings. The highest BCUT2D eigenvalue weighted by atomic mass is 16.5. The predicted octanol–water partition coefficient (Wildman–Crippen LogP) is 3.20. The summed E-state index contributed by atoms with van der Waals surface area (Å²) >= 11 is 0. The molecule has 0 aliphatic carbocycles. The lowest BCUT2D eigenvalue weighted by Crippen LogP contribution is -2.30. The van der Waals surface area contributed by atoms with Crippen molar-refractivity contribution in [2.45, 2.75) is 26.9 Å². The second-order valence-electron chi connectivity index (χ2n) is 5.74. The van der Waals surface area contributed by atoms with E-state index in [1.807, 2.05) is 26.0 Å². The number of anilines is 1. The van der Waals surface area contributed by atoms with Crippen molar-refractivity contribution < 1.29 is 24.2 Å². The first kappa shape index (κ1) is 18.3. The fourth-order valence-corrected chi connectivity index (χ4v) is 2.28. The van der Waals surface area contributed by atoms with E-state index in [1.165, 1.54) is 32.2 Å². The molecule has 1 amide bonds. The maximum Gasteiger partial charge on any atom is 0.342 e. The lowest BCUT2D eigenvalue weighted by atomic mass is 10.1. The maximum atomic E-state index is 12.2. The van der Waals surface area contributed by atoms with Crippen molar-refractivity contribution in [2.75, 3.05) is 12.4 Å². The molecular formula is C19H21NO5. The van der Waals surface area contributed by atoms with Gasteiger partial charge < -0.3 is 19.9 Å². The van der Waals surface area contributed by atoms with Gasteiger partial charge in [0.05, 0.1) is 7.11 Å². The molecule has 0 spiro atoms. The largest absolute Gasteiger partial charge is 0.507 e. The molecule has 2 N–H and O–H groups in total. The number of rotatable bonds is 5. The molecule has 0 aromatic heterocycles. The van der Waals surface area contributed by atoms with Crippen LogP contribution < -0.4 is 10.1 Å². The smallest absolute Gasteiger partial charge is 0.342 e. The third kappa shape index (κ3) is 4.50. The van der Waals surface area contributed by atoms with Crippen LogP contribution in [0.25, 0.3) is 0 Å². The van der Waals surface area contributed by atoms with Gasteiger partial charge in [-0.1, -0.05) is 17.7 Å². The van der Waals surface area contributed by atoms with Gasteiger partial charge in [0.15, 0.2) is 6.10 Å². The number of carbonyl (C=O) groups is 2. The Hall–Kier alpha value is -3.02. The average molecular weight is 343 g/mol. The molecule has 2 rings (SSSR count). The van der Waals surface area contributed by atoms with E-state index in [2.05, 4.69) is 5.32 Å². The quantitative estimate of drug-likeness (QED) is 0.815. The standard InChI is InChI=1S/C19H21NO5/c1-11-5-8-16(12(2)9-11)20-18(22)13(3)25-19(23)15-7-6-14(24-4)10-17(15)21/h5-10,13,21H,1-4H3,(H,20,22)/t13-/m1/s1. The fourth-order valence-electron chi connectivity index (χ4n) is 2.28. The molecule has 6 heteroatoms. The normalized spacial score (nSPS) is 11.5. The van der Waals surface area contributed by atoms with Crippen LogP contribution in [0, 0.1) is 13.8 Å². The number of benzene rings is 2. The first-order chi connectivity index (χ1) is 11.8. The highest BCUT2D eigenvalue weighted by Crippen LogP contribution is 2.24. The van der Waals surface area contributed by atoms with Crippen LogP contribution in [0.15, 0.2) is 36.4 Å². The number of aryl methyl sites for hydroxylation is 2. The zero-order chi connectivity index (χ0) is 18.6. The molecule has 6 nitrogen and oxygen atoms in total. The van der Waals surface area contributed by atoms with Crippen molar-refractivity contribution in [3.8, 4) is 11.5 Å². The molecule has 0 bridgehead atoms. The third-order valence-corrected chi connectivity index (χ3v) is 3.72. The Kier molecular flexibility index (Phi) is 5.64. The van der Waals surface area contributed by atoms with Crippen LogP contribution in [-0.4, -0.2) is 30.2 Å². The summed E-state index contributed by atoms with van der Waals surface area (Å²) in [6, 6.07) is 9.84. The molecule has 2 aromatic rings. The first-order valence-corrected chi connectivity index (χ1v) is 7.78. The number of nitrogens with one attached hydrogen (secondary N) is 1. The number of esters is 1. The first-order valence-electron chi connectivity index (χ1n) is 7.78. The Morgan fingerprint density at radius 3 is 2.44 bits per heavy atom. The van der Waals surface area contributed by atoms with Crippen molar-refractivity contribution >= 4 is 17.6 Å². The summed E-state index contributed by atoms with van der Waals surface area (Å²) < 4.78 is 10.1. The summed E-state index contributed by atoms with van der Waals surface area (Å²) in [6.07, 6.45) is -1.02. The molecule has 1 atom stereocenters. The van der Waals surface area contributed by atoms with E-state index in [9.17, 15) is 14.7 Å². The van der Waals surface area contributed by atoms with E-state index in [-0.39, 0.29) is 11.3 Å². The van der Waals surface area contributed by atoms with Gasteiger partial charge in [-0.05, 0) is 44.5 Å². The van der Waals surface area contributed by atoms with Gasteiger partial charge in [0.25, 0.3) is 5.91 Å². The van der Waals surface area contributed by atoms with Crippen molar-refractivity contribution in [2.24, 2.45) is 0 Å². The number of phenols is 1. The van der Waals surface area contributed by atoms with E-state index in [4.69, 9.17) is 9.47 Å². The average Bonchev–Trinajstić information content (AvgIpc) is 2.56. The van der Waals surface area contributed by atoms with Gasteiger partial charge in [0.1, 0.15) is 17.1 Å². The monoisotopic (exact) mass is 343 g/mol. The van der Waals surface area contributed by atoms with Crippen molar-refractivity contribution in [1.82, 2.24) is 0 Å². The number of aromatic hydroxyl groups is 1. The van der Waals surface area contributed by atoms with Gasteiger partial charge in [-0.25, -0.2) is 4.79 Å². The SMILES string of the molecule is COc1ccc(C(=O)O[C@H](C)C(=O)Nc2ccc(C)cc2C)c(O)c1. The Morgan fingerprint density at radius 2 is 1.84 bits per heavy atom. The number of methoxy groups -OCH3 is 1. The zero-order valence-corrected chi connectivity index (χ0v) is 14.6. The molecule has 0 heterocycles. The number of amides is 1. The molecule has 132 valence electrons. The van der Waals surface area contributed by atoms with E-state index >= 15 is 0 Å². The van der Waals surface area contributed by atoms with Crippen molar-refractivity contribution in [1.29, 1.82) is 0 Å². The van der Waals surface area contributed by atoms with Gasteiger partial charge >= 0.3 is 5.97 Å². The second-order valence-corrected chi connectivity index (χ2v) is 5.74. The van der Waals surface area contributed by atoms with Gasteiger partial charge in [0.2, 0.25) is 0 Å². The van der Waals surface area contributed by atoms with E-state index in [1.54, 1.807) is 6.07 Å². The molecule has 0 unspecified atom stereocenters. The topological polar surface area (TPSA) is 84.9 Å². The molecule has 0 radical (unpaired) electrons. The molecule has 25 heavy (non-hydrogen) atoms. The van der Waals surface area contributed by atoms with E-state index < -0.39 is 18.0 Å². The fraction of sp³-hybridized carbons (Fsp3) is 0.263. The summed E-state index contributed by atoms with van der Waals surface area (Å²) in [6.45, 7) is 5.32. The molecule has 2 aromatic carbocycles. The Bertz CT molecular complexity index is 800. The summed E-state index contributed by atoms with van der Waals surface area (Å²) in [7, 11) is 1.45. The zero-order valence-electron chi connectivity index (χ0n) is 14.6. The molecule has 0 fully saturated rings. The van der Waals surface area contributed by atoms with Gasteiger partial charge in [-0.15, -0.1) is 0 Å². The summed E-state index contributed by atoms with van der Waals surface area (Å²) in [4.78, 5) is 24.4. The highest BCUT2D eigenvalue weighted by molar-refractivity contribution is 5.98. The van der Waals surface area contributed by atoms with E-state index in [0.29, 0.717) is 11.4 Å². The van der Waals surface area contributed by atoms with Crippen molar-refractivity contribution in [3.05, 3.63) is 53.1 Å². The maximum absolute atomic E-state index is 12.2. The highest BCUT2D eigenvalue weighted by Gasteiger charge is 2.21. The minimum atomic E-state index is -1.02. The summed E-state index contributed by atoms with van der Waals surface area (Å²) in [5.74, 6) is -1.10. The van der Waals surface area contributed by atoms with Gasteiger partial charge in [0, 0.05) is 11.8 Å². The summed E-state index contributed by atoms with van der Waals surface area (Å²) in [5.41, 5.74) is 2.63. The van der Waals surface area contributed by atoms with Gasteiger partial charge in [-0.3, -0.25) is 4.79 Å². The Balaban J connectivity index is 2.04. The van der Waals surface area contributed by atoms with E-state index in [0.717, 1.165) is 11.1 Å². The van der Waals surface area contributed by atoms with Crippen LogP contribution in [0.4, 0.5) is 5.69 Å². The number of phenolic OH excluding ortho intramolecular Hbond substituents is 1. The lowest BCUT2D eigenvalue weighted by molar-refractivity contribution is -0.123. The van der Waals surface area contributed by atoms with Crippen LogP contribution in [0.5, 0.6) is 11.5 Å². The predicted molar refractivity (Wildman–Crippen MR) is 94.1 cm³/mol. The second kappa shape index (κ2) is 7.70. The number of ether oxygens (including phenoxy) is 2. The molecule has 0 aliphatic heterocycles. The Labute approximate surface area is 146 Å². The van der Waals surface area contributed by atoms with Gasteiger partial charge in [-0.2, -0.15) is 0 Å².